The molecule has 0 radical (unpaired) electrons. The molecule has 0 fully saturated rings. The van der Waals surface area contributed by atoms with Gasteiger partial charge in [0.2, 0.25) is 0 Å². The molecular weight excluding hydrogens is 458 g/mol. The lowest BCUT2D eigenvalue weighted by Crippen LogP contribution is -2.16. The Hall–Kier alpha value is -3.69. The van der Waals surface area contributed by atoms with Gasteiger partial charge in [0.1, 0.15) is 4.90 Å². The molecule has 0 unspecified atom stereocenters. The van der Waals surface area contributed by atoms with Gasteiger partial charge in [-0.2, -0.15) is 5.10 Å². The third kappa shape index (κ3) is 3.96. The molecular formula is C24H19N3O4S2. The van der Waals surface area contributed by atoms with Crippen molar-refractivity contribution < 1.29 is 16.8 Å². The molecule has 5 aromatic rings. The van der Waals surface area contributed by atoms with Crippen LogP contribution in [0.1, 0.15) is 0 Å². The van der Waals surface area contributed by atoms with Gasteiger partial charge in [0, 0.05) is 22.9 Å². The van der Waals surface area contributed by atoms with Crippen LogP contribution in [0, 0.1) is 0 Å². The van der Waals surface area contributed by atoms with E-state index in [0.29, 0.717) is 11.4 Å². The van der Waals surface area contributed by atoms with Crippen LogP contribution >= 0.6 is 0 Å². The molecule has 0 atom stereocenters. The van der Waals surface area contributed by atoms with E-state index in [0.717, 1.165) is 33.5 Å². The number of aromatic amines is 1. The van der Waals surface area contributed by atoms with E-state index >= 15 is 0 Å². The van der Waals surface area contributed by atoms with Crippen LogP contribution in [0.3, 0.4) is 0 Å². The van der Waals surface area contributed by atoms with E-state index in [1.54, 1.807) is 18.2 Å². The van der Waals surface area contributed by atoms with E-state index in [2.05, 4.69) is 14.9 Å². The molecule has 7 nitrogen and oxygen atoms in total. The molecule has 0 aliphatic heterocycles. The van der Waals surface area contributed by atoms with Crippen molar-refractivity contribution in [2.45, 2.75) is 9.79 Å². The Bertz CT molecular complexity index is 1740. The molecule has 1 aromatic heterocycles. The molecule has 4 aromatic carbocycles. The number of benzene rings is 4. The fourth-order valence-corrected chi connectivity index (χ4v) is 6.50. The minimum atomic E-state index is -4.14. The predicted octanol–water partition coefficient (Wildman–Crippen LogP) is 4.59. The van der Waals surface area contributed by atoms with E-state index < -0.39 is 19.9 Å². The SMILES string of the molecule is CS(=O)(=O)c1ccccc1S(=O)(=O)Nc1ccc2[nH]nc(-c3ccc4ccccc4c3)c2c1. The molecule has 0 bridgehead atoms. The molecule has 0 aliphatic carbocycles. The number of sulfonamides is 1. The predicted molar refractivity (Wildman–Crippen MR) is 129 cm³/mol. The number of sulfone groups is 1. The fourth-order valence-electron chi connectivity index (χ4n) is 3.82. The lowest BCUT2D eigenvalue weighted by molar-refractivity contribution is 0.588. The van der Waals surface area contributed by atoms with E-state index in [1.807, 2.05) is 42.5 Å². The van der Waals surface area contributed by atoms with Gasteiger partial charge >= 0.3 is 0 Å². The summed E-state index contributed by atoms with van der Waals surface area (Å²) in [6.45, 7) is 0. The van der Waals surface area contributed by atoms with Gasteiger partial charge in [0.05, 0.1) is 16.1 Å². The average molecular weight is 478 g/mol. The highest BCUT2D eigenvalue weighted by molar-refractivity contribution is 7.95. The summed E-state index contributed by atoms with van der Waals surface area (Å²) in [5.41, 5.74) is 2.63. The van der Waals surface area contributed by atoms with Crippen LogP contribution in [0.15, 0.2) is 94.7 Å². The first-order chi connectivity index (χ1) is 15.7. The Balaban J connectivity index is 1.57. The quantitative estimate of drug-likeness (QED) is 0.385. The van der Waals surface area contributed by atoms with Crippen LogP contribution < -0.4 is 4.72 Å². The second kappa shape index (κ2) is 7.72. The highest BCUT2D eigenvalue weighted by Gasteiger charge is 2.24. The summed E-state index contributed by atoms with van der Waals surface area (Å²) < 4.78 is 52.8. The molecule has 9 heteroatoms. The zero-order chi connectivity index (χ0) is 23.2. The van der Waals surface area contributed by atoms with Crippen LogP contribution in [0.25, 0.3) is 32.9 Å². The number of fused-ring (bicyclic) bond motifs is 2. The summed E-state index contributed by atoms with van der Waals surface area (Å²) in [7, 11) is -7.87. The lowest BCUT2D eigenvalue weighted by Gasteiger charge is -2.11. The standard InChI is InChI=1S/C24H19N3O4S2/c1-32(28,29)22-8-4-5-9-23(22)33(30,31)27-19-12-13-21-20(15-19)24(26-25-21)18-11-10-16-6-2-3-7-17(16)14-18/h2-15,27H,1H3,(H,25,26). The van der Waals surface area contributed by atoms with Crippen LogP contribution in [0.4, 0.5) is 5.69 Å². The van der Waals surface area contributed by atoms with Gasteiger partial charge in [-0.1, -0.05) is 48.5 Å². The first-order valence-corrected chi connectivity index (χ1v) is 13.4. The van der Waals surface area contributed by atoms with Crippen molar-refractivity contribution >= 4 is 47.2 Å². The maximum absolute atomic E-state index is 13.0. The Kier molecular flexibility index (Phi) is 4.95. The molecule has 2 N–H and O–H groups in total. The Morgan fingerprint density at radius 3 is 2.21 bits per heavy atom. The summed E-state index contributed by atoms with van der Waals surface area (Å²) in [5.74, 6) is 0. The van der Waals surface area contributed by atoms with E-state index in [4.69, 9.17) is 0 Å². The van der Waals surface area contributed by atoms with E-state index in [1.165, 1.54) is 24.3 Å². The van der Waals surface area contributed by atoms with Crippen molar-refractivity contribution in [1.82, 2.24) is 10.2 Å². The van der Waals surface area contributed by atoms with Crippen LogP contribution in [-0.2, 0) is 19.9 Å². The third-order valence-electron chi connectivity index (χ3n) is 5.38. The number of nitrogens with one attached hydrogen (secondary N) is 2. The minimum Gasteiger partial charge on any atom is -0.280 e. The minimum absolute atomic E-state index is 0.251. The van der Waals surface area contributed by atoms with Crippen LogP contribution in [0.5, 0.6) is 0 Å². The molecule has 1 heterocycles. The zero-order valence-electron chi connectivity index (χ0n) is 17.5. The number of rotatable bonds is 5. The third-order valence-corrected chi connectivity index (χ3v) is 8.10. The van der Waals surface area contributed by atoms with E-state index in [9.17, 15) is 16.8 Å². The first kappa shape index (κ1) is 21.2. The number of hydrogen-bond acceptors (Lipinski definition) is 5. The molecule has 0 saturated heterocycles. The van der Waals surface area contributed by atoms with Gasteiger partial charge in [0.25, 0.3) is 10.0 Å². The van der Waals surface area contributed by atoms with Crippen molar-refractivity contribution in [3.63, 3.8) is 0 Å². The maximum atomic E-state index is 13.0. The molecule has 0 spiro atoms. The number of anilines is 1. The monoisotopic (exact) mass is 477 g/mol. The van der Waals surface area contributed by atoms with Crippen molar-refractivity contribution in [2.24, 2.45) is 0 Å². The first-order valence-electron chi connectivity index (χ1n) is 10.0. The molecule has 166 valence electrons. The summed E-state index contributed by atoms with van der Waals surface area (Å²) in [4.78, 5) is -0.548. The smallest absolute Gasteiger partial charge is 0.263 e. The largest absolute Gasteiger partial charge is 0.280 e. The van der Waals surface area contributed by atoms with Crippen LogP contribution in [-0.4, -0.2) is 33.3 Å². The van der Waals surface area contributed by atoms with Crippen LogP contribution in [0.2, 0.25) is 0 Å². The van der Waals surface area contributed by atoms with Gasteiger partial charge < -0.3 is 0 Å². The van der Waals surface area contributed by atoms with Crippen molar-refractivity contribution in [3.05, 3.63) is 84.9 Å². The van der Waals surface area contributed by atoms with E-state index in [-0.39, 0.29) is 9.79 Å². The highest BCUT2D eigenvalue weighted by atomic mass is 32.2. The van der Waals surface area contributed by atoms with Gasteiger partial charge in [-0.3, -0.25) is 9.82 Å². The normalized spacial score (nSPS) is 12.3. The summed E-state index contributed by atoms with van der Waals surface area (Å²) >= 11 is 0. The van der Waals surface area contributed by atoms with Gasteiger partial charge in [-0.05, 0) is 47.2 Å². The second-order valence-corrected chi connectivity index (χ2v) is 11.4. The number of H-pyrrole nitrogens is 1. The molecule has 0 saturated carbocycles. The summed E-state index contributed by atoms with van der Waals surface area (Å²) in [6, 6.07) is 24.6. The fraction of sp³-hybridized carbons (Fsp3) is 0.0417. The Morgan fingerprint density at radius 2 is 1.45 bits per heavy atom. The van der Waals surface area contributed by atoms with Gasteiger partial charge in [-0.25, -0.2) is 16.8 Å². The zero-order valence-corrected chi connectivity index (χ0v) is 19.1. The number of nitrogens with zero attached hydrogens (tertiary/aromatic N) is 1. The molecule has 0 amide bonds. The summed E-state index contributed by atoms with van der Waals surface area (Å²) in [5, 5.41) is 10.3. The molecule has 5 rings (SSSR count). The summed E-state index contributed by atoms with van der Waals surface area (Å²) in [6.07, 6.45) is 0.981. The van der Waals surface area contributed by atoms with Crippen molar-refractivity contribution in [1.29, 1.82) is 0 Å². The van der Waals surface area contributed by atoms with Crippen molar-refractivity contribution in [2.75, 3.05) is 11.0 Å². The lowest BCUT2D eigenvalue weighted by atomic mass is 10.0. The highest BCUT2D eigenvalue weighted by Crippen LogP contribution is 2.31. The Morgan fingerprint density at radius 1 is 0.758 bits per heavy atom. The number of aromatic nitrogens is 2. The molecule has 33 heavy (non-hydrogen) atoms. The van der Waals surface area contributed by atoms with Gasteiger partial charge in [0.15, 0.2) is 9.84 Å². The Labute approximate surface area is 191 Å². The topological polar surface area (TPSA) is 109 Å². The average Bonchev–Trinajstić information content (AvgIpc) is 3.21. The maximum Gasteiger partial charge on any atom is 0.263 e. The second-order valence-electron chi connectivity index (χ2n) is 7.72. The van der Waals surface area contributed by atoms with Gasteiger partial charge in [-0.15, -0.1) is 0 Å². The number of hydrogen-bond donors (Lipinski definition) is 2. The van der Waals surface area contributed by atoms with Crippen molar-refractivity contribution in [3.8, 4) is 11.3 Å². The molecule has 0 aliphatic rings.